The van der Waals surface area contributed by atoms with Gasteiger partial charge in [-0.2, -0.15) is 0 Å². The molecule has 12 N–H and O–H groups in total. The number of urea groups is 1. The maximum Gasteiger partial charge on any atom is 0.508 e. The lowest BCUT2D eigenvalue weighted by Crippen LogP contribution is -2.45. The highest BCUT2D eigenvalue weighted by Gasteiger charge is 2.55. The maximum atomic E-state index is 13.8. The van der Waals surface area contributed by atoms with Crippen LogP contribution >= 0.6 is 13.4 Å². The Morgan fingerprint density at radius 2 is 1.44 bits per heavy atom. The number of nitrogen functional groups attached to an aromatic ring is 2. The number of unbranched alkanes of at least 4 members (excludes halogenated alkanes) is 2. The van der Waals surface area contributed by atoms with Crippen LogP contribution in [0.25, 0.3) is 22.3 Å². The molecule has 4 aliphatic heterocycles. The fraction of sp³-hybridized carbons (Fsp3) is 0.564. The van der Waals surface area contributed by atoms with E-state index < -0.39 is 118 Å². The number of anilines is 3. The summed E-state index contributed by atoms with van der Waals surface area (Å²) in [5.74, 6) is -3.14. The Morgan fingerprint density at radius 1 is 0.821 bits per heavy atom. The summed E-state index contributed by atoms with van der Waals surface area (Å²) in [4.78, 5) is 154. The first-order chi connectivity index (χ1) is 45.2. The molecule has 5 aromatic rings. The molecule has 36 nitrogen and oxygen atoms in total. The normalized spacial score (nSPS) is 26.0. The van der Waals surface area contributed by atoms with E-state index in [1.165, 1.54) is 40.1 Å². The van der Waals surface area contributed by atoms with Crippen LogP contribution in [-0.4, -0.2) is 201 Å². The fourth-order valence-electron chi connectivity index (χ4n) is 11.0. The van der Waals surface area contributed by atoms with Gasteiger partial charge >= 0.3 is 31.7 Å². The van der Waals surface area contributed by atoms with E-state index in [2.05, 4.69) is 45.9 Å². The summed E-state index contributed by atoms with van der Waals surface area (Å²) >= 11 is 10.9. The molecular weight excluding hydrogens is 1330 g/mol. The van der Waals surface area contributed by atoms with Crippen LogP contribution in [0.5, 0.6) is 0 Å². The number of likely N-dealkylation sites (tertiary alicyclic amines) is 1. The minimum Gasteiger partial charge on any atom is -0.445 e. The summed E-state index contributed by atoms with van der Waals surface area (Å²) in [6.07, 6.45) is -7.03. The number of ketones is 1. The van der Waals surface area contributed by atoms with E-state index in [1.807, 2.05) is 0 Å². The number of nitrogens with one attached hydrogen (secondary N) is 3. The standard InChI is InChI=1S/C55H74N16O20P2S2/c1-28(2)38(67-36(73)10-6-5-7-16-69-37(74)19-29(3)50(69)77)33(72)20-31(9-8-15-59-53(58)78)49(76)66-32-13-11-30(12-14-32)21-84-54(79)68(4)17-18-83-55(80)89-44-42-35(88-52(44)71-27-65-40-46(57)61-25-63-48(40)71)23-86-93(82,95)91-43-41(75)34(22-85-92(81,94)90-42)87-51(43)70-26-64-39-45(56)60-24-62-47(39)70/h11-14,24-29,31,34-35,38,41-44,51-52,75H,5-10,15-23H2,1-4H3,(H,66,76)(H,67,73)(H,81,94)(H,82,95)(H2,56,60,62)(H2,57,61,63)(H3,58,59,78)/t29?,31-,34-,35-,38+,41-,42?,43-,44-,51-,52-,92?,93?/m1/s1. The van der Waals surface area contributed by atoms with Crippen LogP contribution in [0.1, 0.15) is 90.2 Å². The highest BCUT2D eigenvalue weighted by atomic mass is 32.5. The van der Waals surface area contributed by atoms with E-state index in [4.69, 9.17) is 82.6 Å². The molecule has 0 radical (unpaired) electrons. The summed E-state index contributed by atoms with van der Waals surface area (Å²) < 4.78 is 55.5. The third kappa shape index (κ3) is 18.1. The van der Waals surface area contributed by atoms with Gasteiger partial charge in [0, 0.05) is 56.9 Å². The highest BCUT2D eigenvalue weighted by molar-refractivity contribution is 8.07. The SMILES string of the molecule is CC1CC(=O)N(CCCCCC(=O)N[C@H](C(=O)C[C@@H](CCCNC(N)=O)C(=O)Nc2ccc(COC(=O)N(C)CCOC(=O)O[C@@H]3C4OP(O)(=S)OC[C@H]5O[C@@H](n6cnc7c(N)ncnc76)[C@H](OP(O)(=S)OC[C@H]4O[C@H]3n3cnc4c(N)ncnc43)[C@@H]5O)cc2)C(C)C)C1=O. The van der Waals surface area contributed by atoms with Gasteiger partial charge in [0.25, 0.3) is 0 Å². The fourth-order valence-corrected chi connectivity index (χ4v) is 13.8. The monoisotopic (exact) mass is 1400 g/mol. The number of hydrogen-bond donors (Lipinski definition) is 9. The molecule has 0 spiro atoms. The van der Waals surface area contributed by atoms with Crippen molar-refractivity contribution in [3.05, 3.63) is 55.1 Å². The van der Waals surface area contributed by atoms with Crippen molar-refractivity contribution in [1.29, 1.82) is 0 Å². The molecule has 0 aliphatic carbocycles. The van der Waals surface area contributed by atoms with Crippen molar-refractivity contribution < 1.29 is 95.0 Å². The number of imide groups is 1. The summed E-state index contributed by atoms with van der Waals surface area (Å²) in [5.41, 5.74) is 18.8. The molecule has 13 atom stereocenters. The molecule has 95 heavy (non-hydrogen) atoms. The number of nitrogens with two attached hydrogens (primary N) is 3. The van der Waals surface area contributed by atoms with Crippen LogP contribution in [0.15, 0.2) is 49.6 Å². The quantitative estimate of drug-likeness (QED) is 0.0175. The van der Waals surface area contributed by atoms with Crippen LogP contribution < -0.4 is 33.2 Å². The van der Waals surface area contributed by atoms with Gasteiger partial charge in [-0.25, -0.2) is 44.3 Å². The number of nitrogens with zero attached hydrogens (tertiary/aromatic N) is 10. The lowest BCUT2D eigenvalue weighted by atomic mass is 9.89. The number of likely N-dealkylation sites (N-methyl/N-ethyl adjacent to an activating group) is 1. The molecule has 516 valence electrons. The number of carbonyl (C=O) groups excluding carboxylic acids is 8. The maximum absolute atomic E-state index is 13.8. The van der Waals surface area contributed by atoms with Crippen molar-refractivity contribution in [2.75, 3.05) is 63.3 Å². The number of rotatable bonds is 25. The number of Topliss-reactive ketones (excluding diaryl/α,β-unsaturated/α-hetero) is 1. The number of ether oxygens (including phenoxy) is 5. The van der Waals surface area contributed by atoms with Gasteiger partial charge in [0.1, 0.15) is 67.4 Å². The molecule has 9 rings (SSSR count). The molecule has 40 heteroatoms. The Bertz CT molecular complexity index is 3740. The zero-order valence-electron chi connectivity index (χ0n) is 51.9. The summed E-state index contributed by atoms with van der Waals surface area (Å²) in [6, 6.07) is 4.66. The number of aliphatic hydroxyl groups excluding tert-OH is 1. The van der Waals surface area contributed by atoms with E-state index in [0.29, 0.717) is 36.9 Å². The van der Waals surface area contributed by atoms with E-state index in [0.717, 1.165) is 11.2 Å². The average molecular weight is 1410 g/mol. The van der Waals surface area contributed by atoms with Crippen LogP contribution in [0, 0.1) is 17.8 Å². The van der Waals surface area contributed by atoms with Gasteiger partial charge < -0.3 is 85.7 Å². The zero-order valence-corrected chi connectivity index (χ0v) is 55.3. The minimum absolute atomic E-state index is 0.0165. The number of imidazole rings is 2. The number of carbonyl (C=O) groups is 8. The Balaban J connectivity index is 0.781. The number of aromatic nitrogens is 8. The van der Waals surface area contributed by atoms with Gasteiger partial charge in [0.2, 0.25) is 23.6 Å². The molecular formula is C55H74N16O20P2S2. The van der Waals surface area contributed by atoms with Crippen LogP contribution in [-0.2, 0) is 96.0 Å². The molecule has 4 unspecified atom stereocenters. The number of amides is 7. The van der Waals surface area contributed by atoms with Gasteiger partial charge in [-0.3, -0.25) is 47.1 Å². The first-order valence-corrected chi connectivity index (χ1v) is 35.3. The number of benzene rings is 1. The second-order valence-corrected chi connectivity index (χ2v) is 28.8. The highest BCUT2D eigenvalue weighted by Crippen LogP contribution is 2.54. The van der Waals surface area contributed by atoms with Gasteiger partial charge in [-0.15, -0.1) is 0 Å². The first-order valence-electron chi connectivity index (χ1n) is 30.1. The molecule has 7 amide bonds. The van der Waals surface area contributed by atoms with Crippen molar-refractivity contribution in [3.8, 4) is 0 Å². The number of primary amides is 1. The van der Waals surface area contributed by atoms with Crippen LogP contribution in [0.4, 0.5) is 31.7 Å². The molecule has 4 aliphatic rings. The number of aliphatic hydroxyl groups is 1. The minimum atomic E-state index is -4.48. The van der Waals surface area contributed by atoms with E-state index in [1.54, 1.807) is 45.0 Å². The van der Waals surface area contributed by atoms with Crippen molar-refractivity contribution in [1.82, 2.24) is 59.5 Å². The number of fused-ring (bicyclic) bond motifs is 5. The smallest absolute Gasteiger partial charge is 0.445 e. The lowest BCUT2D eigenvalue weighted by Gasteiger charge is -2.29. The summed E-state index contributed by atoms with van der Waals surface area (Å²) in [5, 5.41) is 19.6. The Hall–Kier alpha value is -7.58. The van der Waals surface area contributed by atoms with Crippen molar-refractivity contribution >= 4 is 124 Å². The second-order valence-electron chi connectivity index (χ2n) is 23.2. The molecule has 4 saturated heterocycles. The van der Waals surface area contributed by atoms with Crippen LogP contribution in [0.2, 0.25) is 0 Å². The lowest BCUT2D eigenvalue weighted by molar-refractivity contribution is -0.139. The topological polar surface area (TPSA) is 488 Å². The van der Waals surface area contributed by atoms with Crippen molar-refractivity contribution in [2.24, 2.45) is 23.5 Å². The molecule has 4 aromatic heterocycles. The number of hydrogen-bond acceptors (Lipinski definition) is 28. The van der Waals surface area contributed by atoms with Gasteiger partial charge in [-0.05, 0) is 72.9 Å². The Labute approximate surface area is 552 Å². The second kappa shape index (κ2) is 31.5. The third-order valence-corrected chi connectivity index (χ3v) is 19.1. The van der Waals surface area contributed by atoms with E-state index in [-0.39, 0.29) is 121 Å². The molecule has 1 aromatic carbocycles. The van der Waals surface area contributed by atoms with Crippen molar-refractivity contribution in [2.45, 2.75) is 134 Å². The van der Waals surface area contributed by atoms with Crippen molar-refractivity contribution in [3.63, 3.8) is 0 Å². The molecule has 0 saturated carbocycles. The summed E-state index contributed by atoms with van der Waals surface area (Å²) in [6.45, 7) is -5.48. The summed E-state index contributed by atoms with van der Waals surface area (Å²) in [7, 11) is 1.37. The van der Waals surface area contributed by atoms with E-state index >= 15 is 0 Å². The van der Waals surface area contributed by atoms with Gasteiger partial charge in [-0.1, -0.05) is 39.3 Å². The van der Waals surface area contributed by atoms with Gasteiger partial charge in [0.15, 0.2) is 47.3 Å². The predicted octanol–water partition coefficient (Wildman–Crippen LogP) is 2.09. The Morgan fingerprint density at radius 3 is 2.06 bits per heavy atom. The molecule has 4 fully saturated rings. The zero-order chi connectivity index (χ0) is 68.5. The van der Waals surface area contributed by atoms with Crippen LogP contribution in [0.3, 0.4) is 0 Å². The molecule has 2 bridgehead atoms. The third-order valence-electron chi connectivity index (χ3n) is 15.9. The van der Waals surface area contributed by atoms with E-state index in [9.17, 15) is 53.2 Å². The molecule has 8 heterocycles. The largest absolute Gasteiger partial charge is 0.508 e. The van der Waals surface area contributed by atoms with Gasteiger partial charge in [0.05, 0.1) is 38.5 Å². The average Bonchev–Trinajstić information content (AvgIpc) is 1.62. The first kappa shape index (κ1) is 71.7. The Kier molecular flexibility index (Phi) is 23.8. The predicted molar refractivity (Wildman–Crippen MR) is 338 cm³/mol.